The molecular formula is C14H16FN5O. The van der Waals surface area contributed by atoms with E-state index >= 15 is 0 Å². The van der Waals surface area contributed by atoms with Gasteiger partial charge < -0.3 is 16.4 Å². The van der Waals surface area contributed by atoms with Crippen LogP contribution in [0.25, 0.3) is 0 Å². The van der Waals surface area contributed by atoms with Crippen LogP contribution in [0, 0.1) is 5.82 Å². The minimum absolute atomic E-state index is 0.0941. The number of carbonyl (C=O) groups excluding carboxylic acids is 1. The highest BCUT2D eigenvalue weighted by molar-refractivity contribution is 5.90. The minimum atomic E-state index is -0.635. The molecule has 110 valence electrons. The summed E-state index contributed by atoms with van der Waals surface area (Å²) in [5.74, 6) is -0.405. The lowest BCUT2D eigenvalue weighted by molar-refractivity contribution is 0.0994. The van der Waals surface area contributed by atoms with Gasteiger partial charge in [-0.1, -0.05) is 0 Å². The molecule has 0 atom stereocenters. The monoisotopic (exact) mass is 289 g/mol. The number of hydrogen-bond acceptors (Lipinski definition) is 5. The summed E-state index contributed by atoms with van der Waals surface area (Å²) in [6.07, 6.45) is 0.733. The fourth-order valence-electron chi connectivity index (χ4n) is 1.85. The fraction of sp³-hybridized carbons (Fsp3) is 0.214. The Bertz CT molecular complexity index is 600. The van der Waals surface area contributed by atoms with Gasteiger partial charge >= 0.3 is 0 Å². The van der Waals surface area contributed by atoms with Crippen molar-refractivity contribution in [3.63, 3.8) is 0 Å². The Labute approximate surface area is 121 Å². The van der Waals surface area contributed by atoms with Crippen molar-refractivity contribution in [3.05, 3.63) is 47.9 Å². The van der Waals surface area contributed by atoms with Crippen molar-refractivity contribution < 1.29 is 9.18 Å². The lowest BCUT2D eigenvalue weighted by atomic mass is 10.2. The molecule has 0 radical (unpaired) electrons. The summed E-state index contributed by atoms with van der Waals surface area (Å²) in [5, 5.41) is 7.77. The van der Waals surface area contributed by atoms with Gasteiger partial charge in [0.15, 0.2) is 11.5 Å². The zero-order valence-corrected chi connectivity index (χ0v) is 11.4. The molecule has 0 aliphatic rings. The van der Waals surface area contributed by atoms with E-state index in [9.17, 15) is 9.18 Å². The number of nitrogens with two attached hydrogens (primary N) is 2. The van der Waals surface area contributed by atoms with Crippen LogP contribution in [0.5, 0.6) is 0 Å². The molecule has 0 bridgehead atoms. The van der Waals surface area contributed by atoms with Crippen molar-refractivity contribution in [2.75, 3.05) is 18.0 Å². The maximum absolute atomic E-state index is 13.0. The van der Waals surface area contributed by atoms with Crippen LogP contribution < -0.4 is 16.4 Å². The maximum Gasteiger partial charge on any atom is 0.269 e. The van der Waals surface area contributed by atoms with Gasteiger partial charge in [0, 0.05) is 12.2 Å². The molecule has 1 amide bonds. The molecule has 0 fully saturated rings. The molecule has 1 heterocycles. The van der Waals surface area contributed by atoms with Crippen LogP contribution in [0.4, 0.5) is 15.9 Å². The summed E-state index contributed by atoms with van der Waals surface area (Å²) in [7, 11) is 0. The van der Waals surface area contributed by atoms with Gasteiger partial charge in [0.1, 0.15) is 5.82 Å². The molecule has 0 saturated carbocycles. The number of anilines is 2. The zero-order valence-electron chi connectivity index (χ0n) is 11.4. The van der Waals surface area contributed by atoms with Gasteiger partial charge in [0.2, 0.25) is 0 Å². The van der Waals surface area contributed by atoms with Crippen LogP contribution in [0.1, 0.15) is 16.9 Å². The Morgan fingerprint density at radius 2 is 1.86 bits per heavy atom. The first-order chi connectivity index (χ1) is 10.1. The van der Waals surface area contributed by atoms with E-state index < -0.39 is 5.91 Å². The molecule has 7 heteroatoms. The number of nitrogens with zero attached hydrogens (tertiary/aromatic N) is 3. The zero-order chi connectivity index (χ0) is 15.2. The van der Waals surface area contributed by atoms with Crippen LogP contribution >= 0.6 is 0 Å². The van der Waals surface area contributed by atoms with Gasteiger partial charge in [-0.15, -0.1) is 10.2 Å². The highest BCUT2D eigenvalue weighted by atomic mass is 19.1. The molecule has 1 aromatic carbocycles. The van der Waals surface area contributed by atoms with E-state index in [0.717, 1.165) is 12.1 Å². The van der Waals surface area contributed by atoms with Crippen molar-refractivity contribution in [2.45, 2.75) is 6.42 Å². The molecule has 4 N–H and O–H groups in total. The third kappa shape index (κ3) is 3.73. The van der Waals surface area contributed by atoms with Crippen molar-refractivity contribution in [1.82, 2.24) is 10.2 Å². The molecule has 2 rings (SSSR count). The molecule has 0 unspecified atom stereocenters. The standard InChI is InChI=1S/C14H16FN5O/c15-10-2-4-11(5-3-10)20(9-1-8-16)13-7-6-12(14(17)21)18-19-13/h2-7H,1,8-9,16H2,(H2,17,21). The summed E-state index contributed by atoms with van der Waals surface area (Å²) in [5.41, 5.74) is 11.5. The molecule has 0 aliphatic heterocycles. The van der Waals surface area contributed by atoms with E-state index in [0.29, 0.717) is 18.9 Å². The van der Waals surface area contributed by atoms with E-state index in [4.69, 9.17) is 11.5 Å². The lowest BCUT2D eigenvalue weighted by Gasteiger charge is -2.23. The second-order valence-electron chi connectivity index (χ2n) is 4.41. The topological polar surface area (TPSA) is 98.1 Å². The van der Waals surface area contributed by atoms with Crippen LogP contribution in [-0.2, 0) is 0 Å². The van der Waals surface area contributed by atoms with Gasteiger partial charge in [0.05, 0.1) is 0 Å². The SMILES string of the molecule is NCCCN(c1ccc(F)cc1)c1ccc(C(N)=O)nn1. The number of carbonyl (C=O) groups is 1. The minimum Gasteiger partial charge on any atom is -0.364 e. The van der Waals surface area contributed by atoms with Crippen LogP contribution in [0.2, 0.25) is 0 Å². The number of benzene rings is 1. The first kappa shape index (κ1) is 14.9. The van der Waals surface area contributed by atoms with E-state index in [1.54, 1.807) is 18.2 Å². The van der Waals surface area contributed by atoms with Crippen LogP contribution in [-0.4, -0.2) is 29.2 Å². The second kappa shape index (κ2) is 6.76. The molecule has 1 aromatic heterocycles. The maximum atomic E-state index is 13.0. The average Bonchev–Trinajstić information content (AvgIpc) is 2.50. The Kier molecular flexibility index (Phi) is 4.78. The van der Waals surface area contributed by atoms with Gasteiger partial charge in [-0.2, -0.15) is 0 Å². The summed E-state index contributed by atoms with van der Waals surface area (Å²) in [6.45, 7) is 1.12. The van der Waals surface area contributed by atoms with Gasteiger partial charge in [-0.3, -0.25) is 4.79 Å². The highest BCUT2D eigenvalue weighted by Crippen LogP contribution is 2.23. The molecule has 0 aliphatic carbocycles. The predicted molar refractivity (Wildman–Crippen MR) is 77.6 cm³/mol. The number of rotatable bonds is 6. The Balaban J connectivity index is 2.30. The molecule has 21 heavy (non-hydrogen) atoms. The first-order valence-corrected chi connectivity index (χ1v) is 6.48. The van der Waals surface area contributed by atoms with E-state index in [2.05, 4.69) is 10.2 Å². The molecule has 2 aromatic rings. The Morgan fingerprint density at radius 1 is 1.14 bits per heavy atom. The number of halogens is 1. The van der Waals surface area contributed by atoms with E-state index in [1.807, 2.05) is 4.90 Å². The Morgan fingerprint density at radius 3 is 2.38 bits per heavy atom. The van der Waals surface area contributed by atoms with E-state index in [1.165, 1.54) is 18.2 Å². The summed E-state index contributed by atoms with van der Waals surface area (Å²) in [6, 6.07) is 9.19. The molecular weight excluding hydrogens is 273 g/mol. The molecule has 0 saturated heterocycles. The van der Waals surface area contributed by atoms with Crippen molar-refractivity contribution in [1.29, 1.82) is 0 Å². The first-order valence-electron chi connectivity index (χ1n) is 6.48. The lowest BCUT2D eigenvalue weighted by Crippen LogP contribution is -2.23. The van der Waals surface area contributed by atoms with Gasteiger partial charge in [-0.25, -0.2) is 4.39 Å². The fourth-order valence-corrected chi connectivity index (χ4v) is 1.85. The summed E-state index contributed by atoms with van der Waals surface area (Å²) in [4.78, 5) is 12.9. The third-order valence-electron chi connectivity index (χ3n) is 2.90. The largest absolute Gasteiger partial charge is 0.364 e. The second-order valence-corrected chi connectivity index (χ2v) is 4.41. The Hall–Kier alpha value is -2.54. The number of hydrogen-bond donors (Lipinski definition) is 2. The van der Waals surface area contributed by atoms with Crippen LogP contribution in [0.3, 0.4) is 0 Å². The number of amides is 1. The number of aromatic nitrogens is 2. The van der Waals surface area contributed by atoms with Crippen molar-refractivity contribution in [2.24, 2.45) is 11.5 Å². The predicted octanol–water partition coefficient (Wildman–Crippen LogP) is 1.20. The smallest absolute Gasteiger partial charge is 0.269 e. The molecule has 6 nitrogen and oxygen atoms in total. The van der Waals surface area contributed by atoms with Crippen LogP contribution in [0.15, 0.2) is 36.4 Å². The summed E-state index contributed by atoms with van der Waals surface area (Å²) < 4.78 is 13.0. The average molecular weight is 289 g/mol. The van der Waals surface area contributed by atoms with E-state index in [-0.39, 0.29) is 11.5 Å². The quantitative estimate of drug-likeness (QED) is 0.832. The summed E-state index contributed by atoms with van der Waals surface area (Å²) >= 11 is 0. The number of primary amides is 1. The third-order valence-corrected chi connectivity index (χ3v) is 2.90. The highest BCUT2D eigenvalue weighted by Gasteiger charge is 2.12. The normalized spacial score (nSPS) is 10.4. The van der Waals surface area contributed by atoms with Crippen molar-refractivity contribution in [3.8, 4) is 0 Å². The molecule has 0 spiro atoms. The van der Waals surface area contributed by atoms with Gasteiger partial charge in [0.25, 0.3) is 5.91 Å². The van der Waals surface area contributed by atoms with Crippen molar-refractivity contribution >= 4 is 17.4 Å². The van der Waals surface area contributed by atoms with Gasteiger partial charge in [-0.05, 0) is 49.4 Å².